The Balaban J connectivity index is 1.02. The van der Waals surface area contributed by atoms with Crippen molar-refractivity contribution in [3.8, 4) is 76.9 Å². The van der Waals surface area contributed by atoms with Crippen LogP contribution < -0.4 is 9.47 Å². The molecule has 0 atom stereocenters. The van der Waals surface area contributed by atoms with Crippen LogP contribution in [0.15, 0.2) is 194 Å². The zero-order valence-electron chi connectivity index (χ0n) is 59.6. The first kappa shape index (κ1) is 61.4. The number of rotatable bonds is 4. The molecule has 4 aliphatic carbocycles. The SMILES string of the molecule is CC(C)(C)Oc1ccc2c3ccc(OC(C)(C)C)cc3c3nc4c(-c5cccc6c5-c5ccccc5C65c6cc(C(C)(C)C)ccc6-c6ccc(C(C)(C)C)cc65)sc(-c5cccc6c5-c5ccccc5C65c6cc(C(C)(C)C)ccc6-c6ccc(C(C)(C)C)cc65)c4nc3c2c1. The Morgan fingerprint density at radius 2 is 0.577 bits per heavy atom. The Labute approximate surface area is 576 Å². The second-order valence-corrected chi connectivity index (χ2v) is 35.3. The molecule has 2 aromatic heterocycles. The third kappa shape index (κ3) is 8.91. The molecule has 17 rings (SSSR count). The third-order valence-electron chi connectivity index (χ3n) is 21.5. The quantitative estimate of drug-likeness (QED) is 0.165. The highest BCUT2D eigenvalue weighted by atomic mass is 32.1. The highest BCUT2D eigenvalue weighted by molar-refractivity contribution is 7.21. The Bertz CT molecular complexity index is 5120. The molecule has 4 aliphatic rings. The second kappa shape index (κ2) is 20.2. The predicted molar refractivity (Wildman–Crippen MR) is 409 cm³/mol. The van der Waals surface area contributed by atoms with Gasteiger partial charge in [-0.25, -0.2) is 9.97 Å². The van der Waals surface area contributed by atoms with Crippen molar-refractivity contribution < 1.29 is 9.47 Å². The summed E-state index contributed by atoms with van der Waals surface area (Å²) in [6.07, 6.45) is 0. The number of thiophene rings is 1. The van der Waals surface area contributed by atoms with Gasteiger partial charge in [0, 0.05) is 21.9 Å². The maximum atomic E-state index is 6.75. The van der Waals surface area contributed by atoms with Crippen LogP contribution in [0.4, 0.5) is 0 Å². The lowest BCUT2D eigenvalue weighted by Crippen LogP contribution is -2.27. The van der Waals surface area contributed by atoms with Crippen molar-refractivity contribution in [1.82, 2.24) is 9.97 Å². The molecule has 4 nitrogen and oxygen atoms in total. The Hall–Kier alpha value is -9.16. The van der Waals surface area contributed by atoms with Gasteiger partial charge in [0.05, 0.1) is 31.6 Å². The van der Waals surface area contributed by atoms with Gasteiger partial charge in [-0.05, 0) is 222 Å². The fourth-order valence-electron chi connectivity index (χ4n) is 17.1. The van der Waals surface area contributed by atoms with Crippen molar-refractivity contribution in [3.05, 3.63) is 261 Å². The van der Waals surface area contributed by atoms with E-state index < -0.39 is 22.0 Å². The third-order valence-corrected chi connectivity index (χ3v) is 22.8. The lowest BCUT2D eigenvalue weighted by Gasteiger charge is -2.33. The van der Waals surface area contributed by atoms with E-state index in [1.54, 1.807) is 0 Å². The zero-order valence-corrected chi connectivity index (χ0v) is 60.4. The molecular formula is C92H86N2O2S. The number of hydrogen-bond donors (Lipinski definition) is 0. The van der Waals surface area contributed by atoms with Crippen LogP contribution in [-0.2, 0) is 32.5 Å². The maximum Gasteiger partial charge on any atom is 0.120 e. The maximum absolute atomic E-state index is 6.75. The molecular weight excluding hydrogens is 1200 g/mol. The number of nitrogens with zero attached hydrogens (tertiary/aromatic N) is 2. The lowest BCUT2D eigenvalue weighted by atomic mass is 9.68. The average Bonchev–Trinajstić information content (AvgIpc) is 1.51. The summed E-state index contributed by atoms with van der Waals surface area (Å²) < 4.78 is 13.5. The van der Waals surface area contributed by atoms with Crippen molar-refractivity contribution in [2.45, 2.75) is 168 Å². The van der Waals surface area contributed by atoms with Crippen molar-refractivity contribution in [1.29, 1.82) is 0 Å². The molecule has 97 heavy (non-hydrogen) atoms. The van der Waals surface area contributed by atoms with Crippen LogP contribution in [-0.4, -0.2) is 21.2 Å². The minimum atomic E-state index is -0.610. The van der Waals surface area contributed by atoms with E-state index in [0.717, 1.165) is 76.0 Å². The highest BCUT2D eigenvalue weighted by Crippen LogP contribution is 2.68. The minimum Gasteiger partial charge on any atom is -0.488 e. The van der Waals surface area contributed by atoms with Crippen molar-refractivity contribution >= 4 is 54.9 Å². The lowest BCUT2D eigenvalue weighted by molar-refractivity contribution is 0.130. The zero-order chi connectivity index (χ0) is 67.8. The van der Waals surface area contributed by atoms with Crippen LogP contribution in [0, 0.1) is 0 Å². The highest BCUT2D eigenvalue weighted by Gasteiger charge is 2.55. The van der Waals surface area contributed by atoms with Crippen LogP contribution in [0.2, 0.25) is 0 Å². The summed E-state index contributed by atoms with van der Waals surface area (Å²) >= 11 is 1.86. The van der Waals surface area contributed by atoms with Crippen LogP contribution in [0.3, 0.4) is 0 Å². The predicted octanol–water partition coefficient (Wildman–Crippen LogP) is 24.7. The molecule has 2 spiro atoms. The number of hydrogen-bond acceptors (Lipinski definition) is 5. The molecule has 0 fully saturated rings. The first-order valence-electron chi connectivity index (χ1n) is 34.9. The van der Waals surface area contributed by atoms with Gasteiger partial charge in [-0.3, -0.25) is 0 Å². The molecule has 0 amide bonds. The summed E-state index contributed by atoms with van der Waals surface area (Å²) in [7, 11) is 0. The first-order valence-corrected chi connectivity index (χ1v) is 35.8. The molecule has 11 aromatic carbocycles. The van der Waals surface area contributed by atoms with Gasteiger partial charge in [-0.1, -0.05) is 241 Å². The molecule has 0 N–H and O–H groups in total. The van der Waals surface area contributed by atoms with Crippen LogP contribution in [0.1, 0.15) is 191 Å². The van der Waals surface area contributed by atoms with Crippen molar-refractivity contribution in [2.75, 3.05) is 0 Å². The normalized spacial score (nSPS) is 14.9. The standard InChI is InChI=1S/C92H86N2O2S/c1-85(2,3)51-33-39-59-60-40-34-52(86(4,5)6)46-74(60)91(73(59)45-51)69-29-21-19-25-63(69)77-65(27-23-31-71(77)91)83-81-82(94-80-68-50-56(96-90(16,17)18)38-44-58(68)57-43-37-55(95-89(13,14)15)49-67(57)79(80)93-81)84(97-83)66-28-24-32-72-78(66)64-26-20-22-30-70(64)92(72)75-47-53(87(7,8)9)35-41-61(75)62-42-36-54(48-76(62)92)88(10,11)12/h19-50H,1-18H3. The van der Waals surface area contributed by atoms with Crippen LogP contribution >= 0.6 is 11.3 Å². The van der Waals surface area contributed by atoms with Crippen LogP contribution in [0.5, 0.6) is 11.5 Å². The molecule has 0 aliphatic heterocycles. The van der Waals surface area contributed by atoms with E-state index >= 15 is 0 Å². The number of ether oxygens (including phenoxy) is 2. The van der Waals surface area contributed by atoms with Gasteiger partial charge in [0.15, 0.2) is 0 Å². The fraction of sp³-hybridized carbons (Fsp3) is 0.283. The monoisotopic (exact) mass is 1280 g/mol. The van der Waals surface area contributed by atoms with E-state index in [2.05, 4.69) is 319 Å². The Morgan fingerprint density at radius 3 is 0.897 bits per heavy atom. The van der Waals surface area contributed by atoms with E-state index in [9.17, 15) is 0 Å². The molecule has 5 heteroatoms. The number of benzene rings is 11. The van der Waals surface area contributed by atoms with Gasteiger partial charge in [0.25, 0.3) is 0 Å². The van der Waals surface area contributed by atoms with Gasteiger partial charge in [-0.2, -0.15) is 0 Å². The van der Waals surface area contributed by atoms with Gasteiger partial charge >= 0.3 is 0 Å². The van der Waals surface area contributed by atoms with Gasteiger partial charge < -0.3 is 9.47 Å². The van der Waals surface area contributed by atoms with Gasteiger partial charge in [0.2, 0.25) is 0 Å². The summed E-state index contributed by atoms with van der Waals surface area (Å²) in [4.78, 5) is 14.6. The van der Waals surface area contributed by atoms with Crippen molar-refractivity contribution in [3.63, 3.8) is 0 Å². The van der Waals surface area contributed by atoms with E-state index in [1.807, 2.05) is 11.3 Å². The van der Waals surface area contributed by atoms with E-state index in [-0.39, 0.29) is 21.7 Å². The molecule has 0 saturated heterocycles. The van der Waals surface area contributed by atoms with E-state index in [0.29, 0.717) is 0 Å². The smallest absolute Gasteiger partial charge is 0.120 e. The average molecular weight is 1280 g/mol. The first-order chi connectivity index (χ1) is 45.8. The molecule has 13 aromatic rings. The summed E-state index contributed by atoms with van der Waals surface area (Å²) in [5.74, 6) is 1.58. The van der Waals surface area contributed by atoms with E-state index in [1.165, 1.54) is 111 Å². The molecule has 0 unspecified atom stereocenters. The molecule has 2 heterocycles. The molecule has 0 radical (unpaired) electrons. The number of fused-ring (bicyclic) bond motifs is 27. The molecule has 482 valence electrons. The molecule has 0 saturated carbocycles. The van der Waals surface area contributed by atoms with E-state index in [4.69, 9.17) is 19.4 Å². The summed E-state index contributed by atoms with van der Waals surface area (Å²) in [5.41, 5.74) is 29.4. The van der Waals surface area contributed by atoms with Gasteiger partial charge in [-0.15, -0.1) is 11.3 Å². The minimum absolute atomic E-state index is 0.0819. The fourth-order valence-corrected chi connectivity index (χ4v) is 18.4. The summed E-state index contributed by atoms with van der Waals surface area (Å²) in [5, 5.41) is 4.15. The summed E-state index contributed by atoms with van der Waals surface area (Å²) in [6, 6.07) is 75.5. The Kier molecular flexibility index (Phi) is 12.8. The molecule has 0 bridgehead atoms. The van der Waals surface area contributed by atoms with Crippen molar-refractivity contribution in [2.24, 2.45) is 0 Å². The Morgan fingerprint density at radius 1 is 0.268 bits per heavy atom. The van der Waals surface area contributed by atoms with Gasteiger partial charge in [0.1, 0.15) is 33.7 Å². The topological polar surface area (TPSA) is 44.2 Å². The number of aromatic nitrogens is 2. The summed E-state index contributed by atoms with van der Waals surface area (Å²) in [6.45, 7) is 40.9. The largest absolute Gasteiger partial charge is 0.488 e. The van der Waals surface area contributed by atoms with Crippen LogP contribution in [0.25, 0.3) is 109 Å². The second-order valence-electron chi connectivity index (χ2n) is 34.3.